The van der Waals surface area contributed by atoms with Crippen molar-refractivity contribution in [3.05, 3.63) is 70.9 Å². The van der Waals surface area contributed by atoms with Crippen LogP contribution in [0.15, 0.2) is 54.6 Å². The minimum atomic E-state index is -0.459. The normalized spacial score (nSPS) is 12.3. The van der Waals surface area contributed by atoms with Crippen LogP contribution in [0.5, 0.6) is 11.6 Å². The summed E-state index contributed by atoms with van der Waals surface area (Å²) in [4.78, 5) is 2.13. The van der Waals surface area contributed by atoms with Crippen molar-refractivity contribution in [2.24, 2.45) is 0 Å². The van der Waals surface area contributed by atoms with Crippen LogP contribution in [-0.2, 0) is 11.3 Å². The molecule has 6 nitrogen and oxygen atoms in total. The van der Waals surface area contributed by atoms with Crippen LogP contribution >= 0.6 is 11.6 Å². The van der Waals surface area contributed by atoms with Crippen LogP contribution in [0.2, 0.25) is 5.02 Å². The van der Waals surface area contributed by atoms with Gasteiger partial charge in [-0.3, -0.25) is 4.90 Å². The topological polar surface area (TPSA) is 59.8 Å². The van der Waals surface area contributed by atoms with Gasteiger partial charge in [-0.2, -0.15) is 5.10 Å². The van der Waals surface area contributed by atoms with Crippen LogP contribution in [-0.4, -0.2) is 52.7 Å². The highest BCUT2D eigenvalue weighted by Crippen LogP contribution is 2.34. The van der Waals surface area contributed by atoms with E-state index in [-0.39, 0.29) is 0 Å². The van der Waals surface area contributed by atoms with Crippen LogP contribution in [0.4, 0.5) is 0 Å². The Balaban J connectivity index is 2.02. The van der Waals surface area contributed by atoms with Gasteiger partial charge in [-0.15, -0.1) is 0 Å². The highest BCUT2D eigenvalue weighted by molar-refractivity contribution is 6.32. The van der Waals surface area contributed by atoms with Crippen LogP contribution < -0.4 is 4.74 Å². The maximum absolute atomic E-state index is 9.94. The molecule has 1 aromatic heterocycles. The summed E-state index contributed by atoms with van der Waals surface area (Å²) in [6.07, 6.45) is -0.459. The Bertz CT molecular complexity index is 944. The highest BCUT2D eigenvalue weighted by atomic mass is 35.5. The first-order chi connectivity index (χ1) is 14.5. The molecular weight excluding hydrogens is 402 g/mol. The van der Waals surface area contributed by atoms with Crippen molar-refractivity contribution in [2.45, 2.75) is 26.5 Å². The van der Waals surface area contributed by atoms with Crippen molar-refractivity contribution in [2.75, 3.05) is 26.8 Å². The molecule has 0 aliphatic carbocycles. The number of benzene rings is 2. The van der Waals surface area contributed by atoms with Gasteiger partial charge in [-0.05, 0) is 38.1 Å². The average Bonchev–Trinajstić information content (AvgIpc) is 3.03. The lowest BCUT2D eigenvalue weighted by Crippen LogP contribution is -2.33. The standard InChI is InChI=1S/C23H28ClN3O3/c1-17(28)15-26(13-14-29-3)16-20-18(2)25-27(19-9-5-4-6-10-19)23(20)30-22-12-8-7-11-21(22)24/h4-12,17,28H,13-16H2,1-3H3. The molecule has 3 aromatic rings. The molecule has 0 aliphatic heterocycles. The summed E-state index contributed by atoms with van der Waals surface area (Å²) >= 11 is 6.36. The minimum Gasteiger partial charge on any atom is -0.437 e. The number of aryl methyl sites for hydroxylation is 1. The van der Waals surface area contributed by atoms with E-state index in [9.17, 15) is 5.11 Å². The number of aromatic nitrogens is 2. The minimum absolute atomic E-state index is 0.459. The Hall–Kier alpha value is -2.38. The van der Waals surface area contributed by atoms with Crippen LogP contribution in [0.25, 0.3) is 5.69 Å². The van der Waals surface area contributed by atoms with E-state index < -0.39 is 6.10 Å². The molecule has 0 spiro atoms. The summed E-state index contributed by atoms with van der Waals surface area (Å²) < 4.78 is 13.3. The van der Waals surface area contributed by atoms with Crippen LogP contribution in [0.3, 0.4) is 0 Å². The van der Waals surface area contributed by atoms with Crippen molar-refractivity contribution < 1.29 is 14.6 Å². The molecule has 1 atom stereocenters. The highest BCUT2D eigenvalue weighted by Gasteiger charge is 2.22. The van der Waals surface area contributed by atoms with Gasteiger partial charge in [-0.1, -0.05) is 41.9 Å². The van der Waals surface area contributed by atoms with E-state index >= 15 is 0 Å². The van der Waals surface area contributed by atoms with Crippen molar-refractivity contribution in [1.82, 2.24) is 14.7 Å². The molecule has 2 aromatic carbocycles. The zero-order chi connectivity index (χ0) is 21.5. The zero-order valence-electron chi connectivity index (χ0n) is 17.6. The first-order valence-corrected chi connectivity index (χ1v) is 10.3. The lowest BCUT2D eigenvalue weighted by atomic mass is 10.2. The fourth-order valence-corrected chi connectivity index (χ4v) is 3.43. The lowest BCUT2D eigenvalue weighted by Gasteiger charge is -2.24. The number of nitrogens with zero attached hydrogens (tertiary/aromatic N) is 3. The van der Waals surface area contributed by atoms with Crippen molar-refractivity contribution in [1.29, 1.82) is 0 Å². The summed E-state index contributed by atoms with van der Waals surface area (Å²) in [7, 11) is 1.67. The average molecular weight is 430 g/mol. The lowest BCUT2D eigenvalue weighted by molar-refractivity contribution is 0.0934. The third kappa shape index (κ3) is 5.61. The van der Waals surface area contributed by atoms with Crippen LogP contribution in [0, 0.1) is 6.92 Å². The molecule has 0 saturated carbocycles. The van der Waals surface area contributed by atoms with Gasteiger partial charge >= 0.3 is 0 Å². The molecular formula is C23H28ClN3O3. The maximum atomic E-state index is 9.94. The molecule has 30 heavy (non-hydrogen) atoms. The second kappa shape index (κ2) is 10.6. The zero-order valence-corrected chi connectivity index (χ0v) is 18.3. The number of halogens is 1. The third-order valence-electron chi connectivity index (χ3n) is 4.70. The molecule has 160 valence electrons. The Kier molecular flexibility index (Phi) is 7.87. The molecule has 3 rings (SSSR count). The molecule has 1 N–H and O–H groups in total. The maximum Gasteiger partial charge on any atom is 0.227 e. The second-order valence-corrected chi connectivity index (χ2v) is 7.63. The van der Waals surface area contributed by atoms with E-state index in [1.54, 1.807) is 24.8 Å². The van der Waals surface area contributed by atoms with E-state index in [2.05, 4.69) is 4.90 Å². The van der Waals surface area contributed by atoms with Gasteiger partial charge in [0, 0.05) is 26.7 Å². The van der Waals surface area contributed by atoms with E-state index in [0.717, 1.165) is 16.9 Å². The first kappa shape index (κ1) is 22.3. The summed E-state index contributed by atoms with van der Waals surface area (Å²) in [5.41, 5.74) is 2.69. The Morgan fingerprint density at radius 1 is 1.13 bits per heavy atom. The quantitative estimate of drug-likeness (QED) is 0.515. The Morgan fingerprint density at radius 3 is 2.50 bits per heavy atom. The van der Waals surface area contributed by atoms with Crippen molar-refractivity contribution >= 4 is 11.6 Å². The van der Waals surface area contributed by atoms with Crippen molar-refractivity contribution in [3.63, 3.8) is 0 Å². The molecule has 0 radical (unpaired) electrons. The van der Waals surface area contributed by atoms with Gasteiger partial charge in [0.15, 0.2) is 0 Å². The van der Waals surface area contributed by atoms with Crippen LogP contribution in [0.1, 0.15) is 18.2 Å². The summed E-state index contributed by atoms with van der Waals surface area (Å²) in [5, 5.41) is 15.2. The number of ether oxygens (including phenoxy) is 2. The number of aliphatic hydroxyl groups is 1. The van der Waals surface area contributed by atoms with E-state index in [1.165, 1.54) is 0 Å². The molecule has 7 heteroatoms. The van der Waals surface area contributed by atoms with Gasteiger partial charge in [0.25, 0.3) is 0 Å². The number of aliphatic hydroxyl groups excluding tert-OH is 1. The molecule has 0 bridgehead atoms. The number of rotatable bonds is 10. The second-order valence-electron chi connectivity index (χ2n) is 7.23. The number of para-hydroxylation sites is 2. The largest absolute Gasteiger partial charge is 0.437 e. The summed E-state index contributed by atoms with van der Waals surface area (Å²) in [6, 6.07) is 17.2. The predicted octanol–water partition coefficient (Wildman–Crippen LogP) is 4.46. The molecule has 0 fully saturated rings. The van der Waals surface area contributed by atoms with Gasteiger partial charge in [0.2, 0.25) is 5.88 Å². The van der Waals surface area contributed by atoms with Gasteiger partial charge in [-0.25, -0.2) is 4.68 Å². The third-order valence-corrected chi connectivity index (χ3v) is 5.01. The number of methoxy groups -OCH3 is 1. The van der Waals surface area contributed by atoms with Gasteiger partial charge < -0.3 is 14.6 Å². The van der Waals surface area contributed by atoms with E-state index in [1.807, 2.05) is 55.5 Å². The smallest absolute Gasteiger partial charge is 0.227 e. The van der Waals surface area contributed by atoms with Gasteiger partial charge in [0.1, 0.15) is 5.75 Å². The Morgan fingerprint density at radius 2 is 1.83 bits per heavy atom. The first-order valence-electron chi connectivity index (χ1n) is 9.95. The monoisotopic (exact) mass is 429 g/mol. The molecule has 0 amide bonds. The fourth-order valence-electron chi connectivity index (χ4n) is 3.25. The summed E-state index contributed by atoms with van der Waals surface area (Å²) in [5.74, 6) is 1.18. The molecule has 1 unspecified atom stereocenters. The predicted molar refractivity (Wildman–Crippen MR) is 119 cm³/mol. The summed E-state index contributed by atoms with van der Waals surface area (Å²) in [6.45, 7) is 6.08. The molecule has 0 saturated heterocycles. The van der Waals surface area contributed by atoms with E-state index in [0.29, 0.717) is 42.9 Å². The SMILES string of the molecule is COCCN(Cc1c(C)nn(-c2ccccc2)c1Oc1ccccc1Cl)CC(C)O. The molecule has 1 heterocycles. The van der Waals surface area contributed by atoms with Gasteiger partial charge in [0.05, 0.1) is 34.7 Å². The van der Waals surface area contributed by atoms with Crippen molar-refractivity contribution in [3.8, 4) is 17.3 Å². The number of hydrogen-bond acceptors (Lipinski definition) is 5. The van der Waals surface area contributed by atoms with E-state index in [4.69, 9.17) is 26.2 Å². The fraction of sp³-hybridized carbons (Fsp3) is 0.348. The number of hydrogen-bond donors (Lipinski definition) is 1. The molecule has 0 aliphatic rings. The Labute approximate surface area is 182 Å².